The Labute approximate surface area is 105 Å². The fraction of sp³-hybridized carbons (Fsp3) is 0.538. The van der Waals surface area contributed by atoms with Crippen molar-refractivity contribution in [2.45, 2.75) is 39.2 Å². The van der Waals surface area contributed by atoms with E-state index < -0.39 is 0 Å². The average Bonchev–Trinajstić information content (AvgIpc) is 2.28. The lowest BCUT2D eigenvalue weighted by Gasteiger charge is -2.26. The summed E-state index contributed by atoms with van der Waals surface area (Å²) >= 11 is 3.59. The van der Waals surface area contributed by atoms with Gasteiger partial charge in [-0.3, -0.25) is 0 Å². The van der Waals surface area contributed by atoms with Crippen LogP contribution >= 0.6 is 15.9 Å². The second-order valence-electron chi connectivity index (χ2n) is 4.57. The predicted octanol–water partition coefficient (Wildman–Crippen LogP) is 3.59. The summed E-state index contributed by atoms with van der Waals surface area (Å²) in [6.07, 6.45) is 3.59. The minimum Gasteiger partial charge on any atom is -0.508 e. The molecule has 2 rings (SSSR count). The molecule has 2 nitrogen and oxygen atoms in total. The molecule has 1 saturated heterocycles. The standard InChI is InChI=1S/C13H18BrNO/c1-8-7-11(16)12(9(2)13(8)14)10-5-3-4-6-15-10/h7,10,15-16H,3-6H2,1-2H3/t10-/m1/s1. The van der Waals surface area contributed by atoms with E-state index in [1.807, 2.05) is 13.0 Å². The Hall–Kier alpha value is -0.540. The summed E-state index contributed by atoms with van der Waals surface area (Å²) in [5, 5.41) is 13.6. The SMILES string of the molecule is Cc1cc(O)c([C@H]2CCCCN2)c(C)c1Br. The number of rotatable bonds is 1. The highest BCUT2D eigenvalue weighted by Gasteiger charge is 2.21. The van der Waals surface area contributed by atoms with Crippen LogP contribution in [-0.2, 0) is 0 Å². The van der Waals surface area contributed by atoms with Gasteiger partial charge in [-0.15, -0.1) is 0 Å². The van der Waals surface area contributed by atoms with Crippen LogP contribution in [-0.4, -0.2) is 11.7 Å². The molecular weight excluding hydrogens is 266 g/mol. The van der Waals surface area contributed by atoms with Gasteiger partial charge in [0.1, 0.15) is 5.75 Å². The molecule has 88 valence electrons. The first-order valence-corrected chi connectivity index (χ1v) is 6.62. The van der Waals surface area contributed by atoms with Crippen LogP contribution < -0.4 is 5.32 Å². The first kappa shape index (κ1) is 11.9. The molecule has 0 aliphatic carbocycles. The van der Waals surface area contributed by atoms with Crippen LogP contribution in [0.3, 0.4) is 0 Å². The molecular formula is C13H18BrNO. The number of halogens is 1. The zero-order chi connectivity index (χ0) is 11.7. The minimum absolute atomic E-state index is 0.311. The van der Waals surface area contributed by atoms with Crippen molar-refractivity contribution in [1.82, 2.24) is 5.32 Å². The number of phenolic OH excluding ortho intramolecular Hbond substituents is 1. The van der Waals surface area contributed by atoms with E-state index in [4.69, 9.17) is 0 Å². The second kappa shape index (κ2) is 4.76. The van der Waals surface area contributed by atoms with Crippen LogP contribution in [0.15, 0.2) is 10.5 Å². The highest BCUT2D eigenvalue weighted by molar-refractivity contribution is 9.10. The van der Waals surface area contributed by atoms with Crippen molar-refractivity contribution >= 4 is 15.9 Å². The van der Waals surface area contributed by atoms with Crippen molar-refractivity contribution in [2.75, 3.05) is 6.54 Å². The predicted molar refractivity (Wildman–Crippen MR) is 69.9 cm³/mol. The zero-order valence-corrected chi connectivity index (χ0v) is 11.4. The van der Waals surface area contributed by atoms with Crippen molar-refractivity contribution in [2.24, 2.45) is 0 Å². The van der Waals surface area contributed by atoms with Gasteiger partial charge in [0.15, 0.2) is 0 Å². The molecule has 1 aromatic rings. The molecule has 1 fully saturated rings. The third-order valence-corrected chi connectivity index (χ3v) is 4.59. The number of piperidine rings is 1. The van der Waals surface area contributed by atoms with Gasteiger partial charge in [-0.2, -0.15) is 0 Å². The molecule has 0 spiro atoms. The van der Waals surface area contributed by atoms with E-state index in [0.29, 0.717) is 11.8 Å². The summed E-state index contributed by atoms with van der Waals surface area (Å²) in [6.45, 7) is 5.13. The van der Waals surface area contributed by atoms with Crippen molar-refractivity contribution < 1.29 is 5.11 Å². The molecule has 16 heavy (non-hydrogen) atoms. The summed E-state index contributed by atoms with van der Waals surface area (Å²) in [5.74, 6) is 0.428. The maximum atomic E-state index is 10.1. The van der Waals surface area contributed by atoms with E-state index in [1.165, 1.54) is 12.8 Å². The summed E-state index contributed by atoms with van der Waals surface area (Å²) in [7, 11) is 0. The monoisotopic (exact) mass is 283 g/mol. The Kier molecular flexibility index (Phi) is 3.55. The van der Waals surface area contributed by atoms with Crippen LogP contribution in [0, 0.1) is 13.8 Å². The number of aryl methyl sites for hydroxylation is 1. The number of hydrogen-bond donors (Lipinski definition) is 2. The Bertz CT molecular complexity index is 397. The smallest absolute Gasteiger partial charge is 0.120 e. The minimum atomic E-state index is 0.311. The molecule has 1 atom stereocenters. The van der Waals surface area contributed by atoms with Gasteiger partial charge in [0, 0.05) is 16.1 Å². The van der Waals surface area contributed by atoms with E-state index in [1.54, 1.807) is 0 Å². The van der Waals surface area contributed by atoms with E-state index in [2.05, 4.69) is 28.2 Å². The van der Waals surface area contributed by atoms with Gasteiger partial charge in [-0.25, -0.2) is 0 Å². The number of phenols is 1. The molecule has 2 N–H and O–H groups in total. The highest BCUT2D eigenvalue weighted by Crippen LogP contribution is 2.37. The molecule has 1 aliphatic heterocycles. The number of aromatic hydroxyl groups is 1. The Balaban J connectivity index is 2.42. The first-order chi connectivity index (χ1) is 7.61. The third-order valence-electron chi connectivity index (χ3n) is 3.37. The molecule has 0 amide bonds. The topological polar surface area (TPSA) is 32.3 Å². The normalized spacial score (nSPS) is 21.1. The van der Waals surface area contributed by atoms with Gasteiger partial charge in [0.25, 0.3) is 0 Å². The maximum absolute atomic E-state index is 10.1. The van der Waals surface area contributed by atoms with E-state index in [9.17, 15) is 5.11 Å². The lowest BCUT2D eigenvalue weighted by molar-refractivity contribution is 0.389. The molecule has 1 aliphatic rings. The lowest BCUT2D eigenvalue weighted by atomic mass is 9.92. The largest absolute Gasteiger partial charge is 0.508 e. The molecule has 3 heteroatoms. The number of nitrogens with one attached hydrogen (secondary N) is 1. The highest BCUT2D eigenvalue weighted by atomic mass is 79.9. The molecule has 1 aromatic carbocycles. The quantitative estimate of drug-likeness (QED) is 0.826. The molecule has 0 saturated carbocycles. The summed E-state index contributed by atoms with van der Waals surface area (Å²) < 4.78 is 1.12. The van der Waals surface area contributed by atoms with Crippen molar-refractivity contribution in [3.63, 3.8) is 0 Å². The van der Waals surface area contributed by atoms with Gasteiger partial charge in [0.05, 0.1) is 0 Å². The molecule has 0 bridgehead atoms. The van der Waals surface area contributed by atoms with E-state index in [0.717, 1.165) is 34.1 Å². The van der Waals surface area contributed by atoms with Gasteiger partial charge >= 0.3 is 0 Å². The third kappa shape index (κ3) is 2.11. The Morgan fingerprint density at radius 3 is 2.75 bits per heavy atom. The van der Waals surface area contributed by atoms with Gasteiger partial charge < -0.3 is 10.4 Å². The molecule has 0 unspecified atom stereocenters. The van der Waals surface area contributed by atoms with Gasteiger partial charge in [0.2, 0.25) is 0 Å². The van der Waals surface area contributed by atoms with Crippen LogP contribution in [0.1, 0.15) is 42.0 Å². The van der Waals surface area contributed by atoms with Gasteiger partial charge in [-0.1, -0.05) is 22.4 Å². The van der Waals surface area contributed by atoms with Crippen molar-refractivity contribution in [3.8, 4) is 5.75 Å². The lowest BCUT2D eigenvalue weighted by Crippen LogP contribution is -2.27. The summed E-state index contributed by atoms with van der Waals surface area (Å²) in [6, 6.07) is 2.16. The van der Waals surface area contributed by atoms with E-state index >= 15 is 0 Å². The summed E-state index contributed by atoms with van der Waals surface area (Å²) in [5.41, 5.74) is 3.32. The Morgan fingerprint density at radius 2 is 2.12 bits per heavy atom. The fourth-order valence-electron chi connectivity index (χ4n) is 2.49. The second-order valence-corrected chi connectivity index (χ2v) is 5.36. The van der Waals surface area contributed by atoms with Crippen LogP contribution in [0.4, 0.5) is 0 Å². The van der Waals surface area contributed by atoms with E-state index in [-0.39, 0.29) is 0 Å². The fourth-order valence-corrected chi connectivity index (χ4v) is 2.82. The number of benzene rings is 1. The van der Waals surface area contributed by atoms with Crippen molar-refractivity contribution in [1.29, 1.82) is 0 Å². The summed E-state index contributed by atoms with van der Waals surface area (Å²) in [4.78, 5) is 0. The van der Waals surface area contributed by atoms with Crippen LogP contribution in [0.5, 0.6) is 5.75 Å². The zero-order valence-electron chi connectivity index (χ0n) is 9.81. The number of hydrogen-bond acceptors (Lipinski definition) is 2. The first-order valence-electron chi connectivity index (χ1n) is 5.83. The van der Waals surface area contributed by atoms with Crippen LogP contribution in [0.2, 0.25) is 0 Å². The van der Waals surface area contributed by atoms with Crippen LogP contribution in [0.25, 0.3) is 0 Å². The van der Waals surface area contributed by atoms with Crippen molar-refractivity contribution in [3.05, 3.63) is 27.2 Å². The average molecular weight is 284 g/mol. The molecule has 0 aromatic heterocycles. The van der Waals surface area contributed by atoms with Gasteiger partial charge in [-0.05, 0) is 50.4 Å². The maximum Gasteiger partial charge on any atom is 0.120 e. The molecule has 1 heterocycles. The molecule has 0 radical (unpaired) electrons. The Morgan fingerprint density at radius 1 is 1.38 bits per heavy atom.